The first-order valence-corrected chi connectivity index (χ1v) is 5.55. The quantitative estimate of drug-likeness (QED) is 0.739. The molecule has 1 heterocycles. The molecule has 1 fully saturated rings. The molecule has 7 heteroatoms. The average molecular weight is 228 g/mol. The monoisotopic (exact) mass is 228 g/mol. The van der Waals surface area contributed by atoms with Crippen LogP contribution in [0.3, 0.4) is 0 Å². The van der Waals surface area contributed by atoms with Gasteiger partial charge in [0.15, 0.2) is 0 Å². The van der Waals surface area contributed by atoms with Crippen molar-refractivity contribution in [2.45, 2.75) is 18.9 Å². The zero-order chi connectivity index (χ0) is 10.8. The van der Waals surface area contributed by atoms with Crippen LogP contribution in [0.25, 0.3) is 0 Å². The molecule has 0 radical (unpaired) electrons. The number of hydrogen-bond donors (Lipinski definition) is 2. The van der Waals surface area contributed by atoms with Gasteiger partial charge in [-0.1, -0.05) is 11.3 Å². The minimum atomic E-state index is -0.180. The number of carbonyl (C=O) groups is 1. The van der Waals surface area contributed by atoms with E-state index in [-0.39, 0.29) is 23.7 Å². The normalized spacial score (nSPS) is 15.3. The molecule has 6 nitrogen and oxygen atoms in total. The number of anilines is 1. The summed E-state index contributed by atoms with van der Waals surface area (Å²) < 4.78 is 0. The largest absolute Gasteiger partial charge is 0.395 e. The van der Waals surface area contributed by atoms with Gasteiger partial charge in [-0.15, -0.1) is 10.2 Å². The lowest BCUT2D eigenvalue weighted by Crippen LogP contribution is -2.35. The second-order valence-corrected chi connectivity index (χ2v) is 4.41. The number of aliphatic hydroxyl groups excluding tert-OH is 1. The van der Waals surface area contributed by atoms with Gasteiger partial charge in [0.25, 0.3) is 5.91 Å². The molecule has 0 atom stereocenters. The summed E-state index contributed by atoms with van der Waals surface area (Å²) in [6.45, 7) is 0.319. The van der Waals surface area contributed by atoms with Crippen molar-refractivity contribution in [3.05, 3.63) is 5.01 Å². The fourth-order valence-corrected chi connectivity index (χ4v) is 1.95. The van der Waals surface area contributed by atoms with Crippen LogP contribution in [0.5, 0.6) is 0 Å². The van der Waals surface area contributed by atoms with Crippen molar-refractivity contribution < 1.29 is 9.90 Å². The van der Waals surface area contributed by atoms with E-state index in [1.807, 2.05) is 0 Å². The van der Waals surface area contributed by atoms with Gasteiger partial charge in [0.1, 0.15) is 0 Å². The van der Waals surface area contributed by atoms with E-state index in [2.05, 4.69) is 10.2 Å². The molecule has 0 unspecified atom stereocenters. The van der Waals surface area contributed by atoms with Gasteiger partial charge >= 0.3 is 0 Å². The smallest absolute Gasteiger partial charge is 0.285 e. The Kier molecular flexibility index (Phi) is 2.83. The number of rotatable bonds is 4. The fourth-order valence-electron chi connectivity index (χ4n) is 1.39. The van der Waals surface area contributed by atoms with Crippen LogP contribution in [0.1, 0.15) is 22.6 Å². The summed E-state index contributed by atoms with van der Waals surface area (Å²) in [4.78, 5) is 13.5. The highest BCUT2D eigenvalue weighted by Gasteiger charge is 2.33. The first-order chi connectivity index (χ1) is 7.22. The molecule has 0 saturated heterocycles. The molecule has 0 spiro atoms. The molecular formula is C8H12N4O2S. The number of nitrogen functional groups attached to an aromatic ring is 1. The van der Waals surface area contributed by atoms with E-state index >= 15 is 0 Å². The lowest BCUT2D eigenvalue weighted by molar-refractivity contribution is 0.0706. The Bertz CT molecular complexity index is 363. The highest BCUT2D eigenvalue weighted by atomic mass is 32.1. The van der Waals surface area contributed by atoms with Crippen LogP contribution in [0.15, 0.2) is 0 Å². The fraction of sp³-hybridized carbons (Fsp3) is 0.625. The zero-order valence-electron chi connectivity index (χ0n) is 8.09. The first-order valence-electron chi connectivity index (χ1n) is 4.73. The Morgan fingerprint density at radius 2 is 2.33 bits per heavy atom. The molecule has 0 bridgehead atoms. The van der Waals surface area contributed by atoms with Gasteiger partial charge in [-0.3, -0.25) is 4.79 Å². The van der Waals surface area contributed by atoms with E-state index in [1.165, 1.54) is 0 Å². The number of aliphatic hydroxyl groups is 1. The topological polar surface area (TPSA) is 92.3 Å². The van der Waals surface area contributed by atoms with Crippen LogP contribution in [0.4, 0.5) is 5.13 Å². The van der Waals surface area contributed by atoms with Gasteiger partial charge in [0.2, 0.25) is 10.1 Å². The molecule has 82 valence electrons. The number of carbonyl (C=O) groups excluding carboxylic acids is 1. The van der Waals surface area contributed by atoms with E-state index in [0.29, 0.717) is 11.6 Å². The van der Waals surface area contributed by atoms with Crippen LogP contribution in [-0.4, -0.2) is 45.3 Å². The molecule has 1 aliphatic rings. The van der Waals surface area contributed by atoms with Gasteiger partial charge < -0.3 is 15.7 Å². The summed E-state index contributed by atoms with van der Waals surface area (Å²) in [7, 11) is 0. The van der Waals surface area contributed by atoms with E-state index in [0.717, 1.165) is 24.2 Å². The molecule has 1 amide bonds. The van der Waals surface area contributed by atoms with Crippen molar-refractivity contribution in [1.29, 1.82) is 0 Å². The van der Waals surface area contributed by atoms with E-state index in [1.54, 1.807) is 4.90 Å². The Balaban J connectivity index is 2.10. The third kappa shape index (κ3) is 2.24. The molecule has 1 aromatic heterocycles. The number of aromatic nitrogens is 2. The summed E-state index contributed by atoms with van der Waals surface area (Å²) in [5.74, 6) is -0.180. The minimum absolute atomic E-state index is 0.0312. The highest BCUT2D eigenvalue weighted by molar-refractivity contribution is 7.16. The van der Waals surface area contributed by atoms with Crippen LogP contribution < -0.4 is 5.73 Å². The molecular weight excluding hydrogens is 216 g/mol. The molecule has 3 N–H and O–H groups in total. The van der Waals surface area contributed by atoms with Gasteiger partial charge in [-0.25, -0.2) is 0 Å². The lowest BCUT2D eigenvalue weighted by Gasteiger charge is -2.19. The molecule has 2 rings (SSSR count). The summed E-state index contributed by atoms with van der Waals surface area (Å²) in [6.07, 6.45) is 2.00. The third-order valence-electron chi connectivity index (χ3n) is 2.21. The zero-order valence-corrected chi connectivity index (χ0v) is 8.90. The second kappa shape index (κ2) is 4.11. The summed E-state index contributed by atoms with van der Waals surface area (Å²) in [5, 5.41) is 16.7. The van der Waals surface area contributed by atoms with Crippen molar-refractivity contribution in [2.24, 2.45) is 0 Å². The van der Waals surface area contributed by atoms with Crippen molar-refractivity contribution >= 4 is 22.4 Å². The van der Waals surface area contributed by atoms with E-state index in [4.69, 9.17) is 10.8 Å². The van der Waals surface area contributed by atoms with Crippen LogP contribution in [-0.2, 0) is 0 Å². The molecule has 1 aromatic rings. The number of hydrogen-bond acceptors (Lipinski definition) is 6. The van der Waals surface area contributed by atoms with Gasteiger partial charge in [0.05, 0.1) is 6.61 Å². The SMILES string of the molecule is Nc1nnc(C(=O)N(CCO)C2CC2)s1. The molecule has 1 aliphatic carbocycles. The molecule has 0 aromatic carbocycles. The second-order valence-electron chi connectivity index (χ2n) is 3.40. The molecule has 15 heavy (non-hydrogen) atoms. The lowest BCUT2D eigenvalue weighted by atomic mass is 10.4. The molecule has 0 aliphatic heterocycles. The van der Waals surface area contributed by atoms with Gasteiger partial charge in [-0.2, -0.15) is 0 Å². The van der Waals surface area contributed by atoms with Crippen molar-refractivity contribution in [3.8, 4) is 0 Å². The van der Waals surface area contributed by atoms with Crippen LogP contribution in [0, 0.1) is 0 Å². The number of nitrogens with two attached hydrogens (primary N) is 1. The Labute approximate surface area is 90.7 Å². The Hall–Kier alpha value is -1.21. The van der Waals surface area contributed by atoms with Crippen molar-refractivity contribution in [2.75, 3.05) is 18.9 Å². The van der Waals surface area contributed by atoms with Crippen LogP contribution >= 0.6 is 11.3 Å². The highest BCUT2D eigenvalue weighted by Crippen LogP contribution is 2.28. The average Bonchev–Trinajstić information content (AvgIpc) is 2.96. The molecule has 1 saturated carbocycles. The summed E-state index contributed by atoms with van der Waals surface area (Å²) in [6, 6.07) is 0.259. The van der Waals surface area contributed by atoms with Crippen molar-refractivity contribution in [3.63, 3.8) is 0 Å². The predicted molar refractivity (Wildman–Crippen MR) is 55.5 cm³/mol. The third-order valence-corrected chi connectivity index (χ3v) is 2.95. The van der Waals surface area contributed by atoms with E-state index < -0.39 is 0 Å². The minimum Gasteiger partial charge on any atom is -0.395 e. The Morgan fingerprint density at radius 1 is 1.60 bits per heavy atom. The van der Waals surface area contributed by atoms with E-state index in [9.17, 15) is 4.79 Å². The maximum absolute atomic E-state index is 11.9. The number of nitrogens with zero attached hydrogens (tertiary/aromatic N) is 3. The summed E-state index contributed by atoms with van der Waals surface area (Å²) >= 11 is 1.08. The number of amides is 1. The van der Waals surface area contributed by atoms with Gasteiger partial charge in [-0.05, 0) is 12.8 Å². The maximum atomic E-state index is 11.9. The standard InChI is InChI=1S/C8H12N4O2S/c9-8-11-10-6(15-8)7(14)12(3-4-13)5-1-2-5/h5,13H,1-4H2,(H2,9,11). The van der Waals surface area contributed by atoms with Crippen molar-refractivity contribution in [1.82, 2.24) is 15.1 Å². The maximum Gasteiger partial charge on any atom is 0.285 e. The van der Waals surface area contributed by atoms with Crippen LogP contribution in [0.2, 0.25) is 0 Å². The first kappa shape index (κ1) is 10.3. The predicted octanol–water partition coefficient (Wildman–Crippen LogP) is -0.283. The van der Waals surface area contributed by atoms with Gasteiger partial charge in [0, 0.05) is 12.6 Å². The summed E-state index contributed by atoms with van der Waals surface area (Å²) in [5.41, 5.74) is 5.41. The Morgan fingerprint density at radius 3 is 2.80 bits per heavy atom.